The Balaban J connectivity index is 2.22. The predicted molar refractivity (Wildman–Crippen MR) is 91.4 cm³/mol. The third kappa shape index (κ3) is 2.77. The quantitative estimate of drug-likeness (QED) is 0.760. The number of nitrogens with two attached hydrogens (primary N) is 1. The van der Waals surface area contributed by atoms with Crippen LogP contribution >= 0.6 is 0 Å². The second-order valence-electron chi connectivity index (χ2n) is 5.61. The number of fused-ring (bicyclic) bond motifs is 1. The number of hydrogen-bond acceptors (Lipinski definition) is 2. The van der Waals surface area contributed by atoms with Crippen molar-refractivity contribution in [2.45, 2.75) is 26.3 Å². The van der Waals surface area contributed by atoms with Crippen LogP contribution in [-0.2, 0) is 6.54 Å². The van der Waals surface area contributed by atoms with Gasteiger partial charge in [0, 0.05) is 35.5 Å². The SMILES string of the molecule is CCCCn1cc(-c2cccc(C(N)=O)c2)c2cc[nH]c2c1=O. The Morgan fingerprint density at radius 1 is 1.30 bits per heavy atom. The van der Waals surface area contributed by atoms with Gasteiger partial charge in [0.25, 0.3) is 5.56 Å². The van der Waals surface area contributed by atoms with Gasteiger partial charge in [-0.3, -0.25) is 9.59 Å². The van der Waals surface area contributed by atoms with Gasteiger partial charge >= 0.3 is 0 Å². The molecule has 0 aliphatic heterocycles. The molecule has 0 saturated heterocycles. The molecule has 0 aliphatic rings. The van der Waals surface area contributed by atoms with Crippen LogP contribution in [0.1, 0.15) is 30.1 Å². The number of pyridine rings is 1. The minimum Gasteiger partial charge on any atom is -0.366 e. The van der Waals surface area contributed by atoms with Gasteiger partial charge in [0.15, 0.2) is 0 Å². The summed E-state index contributed by atoms with van der Waals surface area (Å²) >= 11 is 0. The zero-order valence-electron chi connectivity index (χ0n) is 13.0. The smallest absolute Gasteiger partial charge is 0.274 e. The van der Waals surface area contributed by atoms with Crippen molar-refractivity contribution >= 4 is 16.8 Å². The largest absolute Gasteiger partial charge is 0.366 e. The number of amides is 1. The molecule has 3 rings (SSSR count). The van der Waals surface area contributed by atoms with E-state index in [9.17, 15) is 9.59 Å². The van der Waals surface area contributed by atoms with Crippen LogP contribution in [0.15, 0.2) is 47.5 Å². The summed E-state index contributed by atoms with van der Waals surface area (Å²) in [4.78, 5) is 27.0. The molecule has 0 radical (unpaired) electrons. The molecule has 1 amide bonds. The topological polar surface area (TPSA) is 80.9 Å². The summed E-state index contributed by atoms with van der Waals surface area (Å²) in [6.45, 7) is 2.77. The maximum atomic E-state index is 12.5. The Morgan fingerprint density at radius 2 is 2.13 bits per heavy atom. The van der Waals surface area contributed by atoms with Gasteiger partial charge in [-0.15, -0.1) is 0 Å². The number of carbonyl (C=O) groups excluding carboxylic acids is 1. The standard InChI is InChI=1S/C18H19N3O2/c1-2-3-9-21-11-15(14-7-8-20-16(14)18(21)23)12-5-4-6-13(10-12)17(19)22/h4-8,10-11,20H,2-3,9H2,1H3,(H2,19,22). The van der Waals surface area contributed by atoms with Gasteiger partial charge in [0.2, 0.25) is 5.91 Å². The first kappa shape index (κ1) is 15.1. The van der Waals surface area contributed by atoms with Crippen molar-refractivity contribution in [1.82, 2.24) is 9.55 Å². The number of aryl methyl sites for hydroxylation is 1. The highest BCUT2D eigenvalue weighted by Crippen LogP contribution is 2.27. The third-order valence-corrected chi connectivity index (χ3v) is 4.01. The van der Waals surface area contributed by atoms with Gasteiger partial charge in [0.05, 0.1) is 0 Å². The van der Waals surface area contributed by atoms with Crippen molar-refractivity contribution in [3.05, 3.63) is 58.6 Å². The normalized spacial score (nSPS) is 11.0. The zero-order chi connectivity index (χ0) is 16.4. The van der Waals surface area contributed by atoms with E-state index in [4.69, 9.17) is 5.73 Å². The zero-order valence-corrected chi connectivity index (χ0v) is 13.0. The van der Waals surface area contributed by atoms with E-state index in [0.29, 0.717) is 17.6 Å². The molecule has 0 spiro atoms. The van der Waals surface area contributed by atoms with Crippen molar-refractivity contribution in [2.75, 3.05) is 0 Å². The van der Waals surface area contributed by atoms with E-state index in [1.165, 1.54) is 0 Å². The van der Waals surface area contributed by atoms with Gasteiger partial charge in [-0.1, -0.05) is 25.5 Å². The number of nitrogens with one attached hydrogen (secondary N) is 1. The minimum absolute atomic E-state index is 0.0201. The van der Waals surface area contributed by atoms with E-state index in [0.717, 1.165) is 29.4 Å². The molecule has 3 aromatic rings. The number of aromatic amines is 1. The maximum absolute atomic E-state index is 12.5. The van der Waals surface area contributed by atoms with Crippen LogP contribution in [-0.4, -0.2) is 15.5 Å². The van der Waals surface area contributed by atoms with E-state index in [-0.39, 0.29) is 5.56 Å². The number of rotatable bonds is 5. The Kier molecular flexibility index (Phi) is 4.02. The van der Waals surface area contributed by atoms with E-state index >= 15 is 0 Å². The molecule has 118 valence electrons. The van der Waals surface area contributed by atoms with Crippen molar-refractivity contribution in [3.63, 3.8) is 0 Å². The van der Waals surface area contributed by atoms with Crippen LogP contribution in [0, 0.1) is 0 Å². The van der Waals surface area contributed by atoms with Crippen molar-refractivity contribution in [3.8, 4) is 11.1 Å². The first-order valence-corrected chi connectivity index (χ1v) is 7.72. The first-order chi connectivity index (χ1) is 11.1. The lowest BCUT2D eigenvalue weighted by Crippen LogP contribution is -2.20. The summed E-state index contributed by atoms with van der Waals surface area (Å²) in [6.07, 6.45) is 5.58. The summed E-state index contributed by atoms with van der Waals surface area (Å²) in [7, 11) is 0. The molecule has 0 unspecified atom stereocenters. The predicted octanol–water partition coefficient (Wildman–Crippen LogP) is 2.90. The summed E-state index contributed by atoms with van der Waals surface area (Å²) in [6, 6.07) is 9.05. The summed E-state index contributed by atoms with van der Waals surface area (Å²) < 4.78 is 1.73. The molecule has 0 bridgehead atoms. The average Bonchev–Trinajstić information content (AvgIpc) is 3.04. The van der Waals surface area contributed by atoms with Crippen LogP contribution in [0.3, 0.4) is 0 Å². The van der Waals surface area contributed by atoms with Crippen molar-refractivity contribution < 1.29 is 4.79 Å². The fourth-order valence-corrected chi connectivity index (χ4v) is 2.76. The van der Waals surface area contributed by atoms with Gasteiger partial charge < -0.3 is 15.3 Å². The van der Waals surface area contributed by atoms with Crippen molar-refractivity contribution in [2.24, 2.45) is 5.73 Å². The highest BCUT2D eigenvalue weighted by molar-refractivity contribution is 5.98. The number of benzene rings is 1. The Bertz CT molecular complexity index is 921. The van der Waals surface area contributed by atoms with E-state index < -0.39 is 5.91 Å². The number of H-pyrrole nitrogens is 1. The van der Waals surface area contributed by atoms with Crippen LogP contribution < -0.4 is 11.3 Å². The molecule has 0 fully saturated rings. The Morgan fingerprint density at radius 3 is 2.87 bits per heavy atom. The first-order valence-electron chi connectivity index (χ1n) is 7.72. The van der Waals surface area contributed by atoms with E-state index in [1.807, 2.05) is 18.3 Å². The number of unbranched alkanes of at least 4 members (excludes halogenated alkanes) is 1. The number of hydrogen-bond donors (Lipinski definition) is 2. The minimum atomic E-state index is -0.462. The van der Waals surface area contributed by atoms with Gasteiger partial charge in [-0.25, -0.2) is 0 Å². The summed E-state index contributed by atoms with van der Waals surface area (Å²) in [5.41, 5.74) is 8.18. The molecule has 3 N–H and O–H groups in total. The monoisotopic (exact) mass is 309 g/mol. The van der Waals surface area contributed by atoms with Gasteiger partial charge in [-0.2, -0.15) is 0 Å². The molecule has 23 heavy (non-hydrogen) atoms. The Labute approximate surface area is 133 Å². The van der Waals surface area contributed by atoms with E-state index in [1.54, 1.807) is 29.0 Å². The number of nitrogens with zero attached hydrogens (tertiary/aromatic N) is 1. The second kappa shape index (κ2) is 6.12. The average molecular weight is 309 g/mol. The summed E-state index contributed by atoms with van der Waals surface area (Å²) in [5, 5.41) is 0.851. The lowest BCUT2D eigenvalue weighted by Gasteiger charge is -2.11. The maximum Gasteiger partial charge on any atom is 0.274 e. The number of aromatic nitrogens is 2. The molecule has 0 saturated carbocycles. The van der Waals surface area contributed by atoms with Gasteiger partial charge in [0.1, 0.15) is 5.52 Å². The molecular weight excluding hydrogens is 290 g/mol. The third-order valence-electron chi connectivity index (χ3n) is 4.01. The lowest BCUT2D eigenvalue weighted by molar-refractivity contribution is 0.100. The van der Waals surface area contributed by atoms with Crippen molar-refractivity contribution in [1.29, 1.82) is 0 Å². The molecule has 2 aromatic heterocycles. The highest BCUT2D eigenvalue weighted by Gasteiger charge is 2.12. The van der Waals surface area contributed by atoms with Crippen LogP contribution in [0.5, 0.6) is 0 Å². The van der Waals surface area contributed by atoms with Gasteiger partial charge in [-0.05, 0) is 30.2 Å². The molecule has 5 nitrogen and oxygen atoms in total. The van der Waals surface area contributed by atoms with Crippen LogP contribution in [0.25, 0.3) is 22.0 Å². The molecule has 2 heterocycles. The molecule has 0 atom stereocenters. The molecule has 0 aliphatic carbocycles. The fraction of sp³-hybridized carbons (Fsp3) is 0.222. The van der Waals surface area contributed by atoms with Crippen LogP contribution in [0.4, 0.5) is 0 Å². The Hall–Kier alpha value is -2.82. The molecule has 5 heteroatoms. The lowest BCUT2D eigenvalue weighted by atomic mass is 10.0. The molecular formula is C18H19N3O2. The second-order valence-corrected chi connectivity index (χ2v) is 5.61. The molecule has 1 aromatic carbocycles. The van der Waals surface area contributed by atoms with Crippen LogP contribution in [0.2, 0.25) is 0 Å². The number of primary amides is 1. The number of carbonyl (C=O) groups is 1. The fourth-order valence-electron chi connectivity index (χ4n) is 2.76. The highest BCUT2D eigenvalue weighted by atomic mass is 16.1. The summed E-state index contributed by atoms with van der Waals surface area (Å²) in [5.74, 6) is -0.462. The van der Waals surface area contributed by atoms with E-state index in [2.05, 4.69) is 11.9 Å².